The molecule has 0 atom stereocenters. The van der Waals surface area contributed by atoms with Crippen LogP contribution in [0.15, 0.2) is 78.8 Å². The second-order valence-electron chi connectivity index (χ2n) is 5.84. The Labute approximate surface area is 129 Å². The number of hydrogen-bond donors (Lipinski definition) is 0. The van der Waals surface area contributed by atoms with Gasteiger partial charge < -0.3 is 0 Å². The molecule has 0 fully saturated rings. The van der Waals surface area contributed by atoms with Gasteiger partial charge >= 0.3 is 129 Å². The van der Waals surface area contributed by atoms with Gasteiger partial charge in [0.15, 0.2) is 0 Å². The van der Waals surface area contributed by atoms with Crippen LogP contribution in [0.5, 0.6) is 0 Å². The summed E-state index contributed by atoms with van der Waals surface area (Å²) >= 11 is 0. The Bertz CT molecular complexity index is 1090. The first kappa shape index (κ1) is 11.9. The van der Waals surface area contributed by atoms with Gasteiger partial charge in [-0.3, -0.25) is 0 Å². The van der Waals surface area contributed by atoms with Gasteiger partial charge in [-0.1, -0.05) is 0 Å². The molecule has 0 aliphatic heterocycles. The van der Waals surface area contributed by atoms with Crippen LogP contribution >= 0.6 is 0 Å². The van der Waals surface area contributed by atoms with Crippen molar-refractivity contribution >= 4 is 39.2 Å². The van der Waals surface area contributed by atoms with E-state index in [1.807, 2.05) is 0 Å². The van der Waals surface area contributed by atoms with Crippen molar-refractivity contribution in [1.29, 1.82) is 0 Å². The molecule has 4 aromatic carbocycles. The molecule has 0 amide bonds. The van der Waals surface area contributed by atoms with Crippen LogP contribution in [0.4, 0.5) is 0 Å². The van der Waals surface area contributed by atoms with Crippen molar-refractivity contribution in [3.63, 3.8) is 0 Å². The van der Waals surface area contributed by atoms with Crippen LogP contribution in [0.2, 0.25) is 0 Å². The maximum absolute atomic E-state index is 2.27. The predicted molar refractivity (Wildman–Crippen MR) is 96.9 cm³/mol. The Balaban J connectivity index is 2.02. The number of hydrogen-bond acceptors (Lipinski definition) is 0. The van der Waals surface area contributed by atoms with Crippen molar-refractivity contribution < 1.29 is 0 Å². The topological polar surface area (TPSA) is 0 Å². The Morgan fingerprint density at radius 1 is 0.545 bits per heavy atom. The molecular weight excluding hydrogens is 263 g/mol. The van der Waals surface area contributed by atoms with Crippen LogP contribution in [-0.2, 0) is 0 Å². The van der Waals surface area contributed by atoms with Gasteiger partial charge in [0.1, 0.15) is 0 Å². The van der Waals surface area contributed by atoms with Crippen molar-refractivity contribution in [2.45, 2.75) is 0 Å². The van der Waals surface area contributed by atoms with Gasteiger partial charge in [-0.15, -0.1) is 0 Å². The summed E-state index contributed by atoms with van der Waals surface area (Å²) in [7, 11) is 0. The Kier molecular flexibility index (Phi) is 2.39. The van der Waals surface area contributed by atoms with Crippen LogP contribution < -0.4 is 0 Å². The fourth-order valence-corrected chi connectivity index (χ4v) is 3.60. The van der Waals surface area contributed by atoms with Crippen molar-refractivity contribution in [2.24, 2.45) is 0 Å². The molecule has 0 radical (unpaired) electrons. The SMILES string of the molecule is b1ccccc1-c1ccc2ccc3cccc4ccc1c2c34. The third-order valence-corrected chi connectivity index (χ3v) is 4.61. The predicted octanol–water partition coefficient (Wildman–Crippen LogP) is 5.59. The van der Waals surface area contributed by atoms with E-state index in [2.05, 4.69) is 85.7 Å². The van der Waals surface area contributed by atoms with E-state index in [-0.39, 0.29) is 0 Å². The summed E-state index contributed by atoms with van der Waals surface area (Å²) in [4.78, 5) is 0. The van der Waals surface area contributed by atoms with Crippen LogP contribution in [-0.4, -0.2) is 6.91 Å². The first-order chi connectivity index (χ1) is 10.9. The first-order valence-electron chi connectivity index (χ1n) is 7.64. The molecule has 0 saturated carbocycles. The molecule has 100 valence electrons. The van der Waals surface area contributed by atoms with E-state index >= 15 is 0 Å². The zero-order chi connectivity index (χ0) is 14.5. The van der Waals surface area contributed by atoms with Gasteiger partial charge in [0.05, 0.1) is 0 Å². The molecule has 22 heavy (non-hydrogen) atoms. The van der Waals surface area contributed by atoms with E-state index in [4.69, 9.17) is 0 Å². The Morgan fingerprint density at radius 3 is 2.05 bits per heavy atom. The van der Waals surface area contributed by atoms with E-state index < -0.39 is 0 Å². The molecule has 5 rings (SSSR count). The fourth-order valence-electron chi connectivity index (χ4n) is 3.60. The number of benzene rings is 4. The summed E-state index contributed by atoms with van der Waals surface area (Å²) in [5, 5.41) is 8.07. The zero-order valence-electron chi connectivity index (χ0n) is 12.1. The monoisotopic (exact) mass is 276 g/mol. The summed E-state index contributed by atoms with van der Waals surface area (Å²) in [6.45, 7) is 2.19. The van der Waals surface area contributed by atoms with Gasteiger partial charge in [0.25, 0.3) is 0 Å². The fraction of sp³-hybridized carbons (Fsp3) is 0. The minimum atomic E-state index is 1.28. The van der Waals surface area contributed by atoms with Gasteiger partial charge in [0, 0.05) is 0 Å². The van der Waals surface area contributed by atoms with E-state index in [1.165, 1.54) is 43.3 Å². The molecule has 0 aliphatic rings. The molecule has 0 aliphatic carbocycles. The normalized spacial score (nSPS) is 11.5. The molecular formula is C21H13B. The summed E-state index contributed by atoms with van der Waals surface area (Å²) in [5.74, 6) is 2.10. The van der Waals surface area contributed by atoms with Gasteiger partial charge in [0.2, 0.25) is 0 Å². The molecule has 0 N–H and O–H groups in total. The summed E-state index contributed by atoms with van der Waals surface area (Å²) in [6, 6.07) is 26.4. The molecule has 0 saturated heterocycles. The average Bonchev–Trinajstić information content (AvgIpc) is 2.60. The second kappa shape index (κ2) is 4.41. The average molecular weight is 276 g/mol. The molecule has 0 nitrogen and oxygen atoms in total. The van der Waals surface area contributed by atoms with E-state index in [9.17, 15) is 0 Å². The molecule has 1 heterocycles. The van der Waals surface area contributed by atoms with E-state index in [1.54, 1.807) is 0 Å². The van der Waals surface area contributed by atoms with E-state index in [0.29, 0.717) is 0 Å². The molecule has 0 spiro atoms. The summed E-state index contributed by atoms with van der Waals surface area (Å²) < 4.78 is 0. The van der Waals surface area contributed by atoms with Crippen LogP contribution in [0.25, 0.3) is 43.3 Å². The first-order valence-corrected chi connectivity index (χ1v) is 7.64. The Hall–Kier alpha value is -2.67. The van der Waals surface area contributed by atoms with Gasteiger partial charge in [-0.05, 0) is 0 Å². The van der Waals surface area contributed by atoms with Crippen molar-refractivity contribution in [2.75, 3.05) is 0 Å². The summed E-state index contributed by atoms with van der Waals surface area (Å²) in [5.41, 5.74) is 2.59. The molecule has 0 unspecified atom stereocenters. The third-order valence-electron chi connectivity index (χ3n) is 4.61. The molecule has 5 aromatic rings. The molecule has 1 aromatic heterocycles. The molecule has 1 heteroatoms. The van der Waals surface area contributed by atoms with Crippen LogP contribution in [0.3, 0.4) is 0 Å². The number of rotatable bonds is 1. The summed E-state index contributed by atoms with van der Waals surface area (Å²) in [6.07, 6.45) is 0. The van der Waals surface area contributed by atoms with Crippen LogP contribution in [0.1, 0.15) is 0 Å². The maximum atomic E-state index is 2.27. The molecule has 0 bridgehead atoms. The van der Waals surface area contributed by atoms with Crippen LogP contribution in [0, 0.1) is 0 Å². The second-order valence-corrected chi connectivity index (χ2v) is 5.84. The van der Waals surface area contributed by atoms with Crippen molar-refractivity contribution in [3.05, 3.63) is 78.8 Å². The zero-order valence-corrected chi connectivity index (χ0v) is 12.1. The van der Waals surface area contributed by atoms with Crippen molar-refractivity contribution in [3.8, 4) is 11.0 Å². The van der Waals surface area contributed by atoms with E-state index in [0.717, 1.165) is 0 Å². The quantitative estimate of drug-likeness (QED) is 0.350. The van der Waals surface area contributed by atoms with Crippen molar-refractivity contribution in [1.82, 2.24) is 0 Å². The standard InChI is InChI=1S/C21H13B/c1-2-13-22-19(6-1)17-11-9-16-8-7-14-4-3-5-15-10-12-18(17)21(16)20(14)15/h1-13H. The van der Waals surface area contributed by atoms with Gasteiger partial charge in [-0.2, -0.15) is 0 Å². The Morgan fingerprint density at radius 2 is 1.27 bits per heavy atom. The van der Waals surface area contributed by atoms with Gasteiger partial charge in [-0.25, -0.2) is 0 Å². The minimum absolute atomic E-state index is 1.28. The third kappa shape index (κ3) is 1.57.